The molecule has 2 saturated carbocycles. The van der Waals surface area contributed by atoms with Gasteiger partial charge in [-0.05, 0) is 209 Å². The molecule has 10 heterocycles. The number of alkyl halides is 6. The number of carbonyl (C=O) groups excluding carboxylic acids is 6. The molecular weight excluding hydrogens is 1360 g/mol. The second-order valence-electron chi connectivity index (χ2n) is 32.4. The molecule has 6 atom stereocenters. The highest BCUT2D eigenvalue weighted by Crippen LogP contribution is 2.64. The number of aromatic nitrogens is 10. The first kappa shape index (κ1) is 75.0. The number of rotatable bonds is 10. The molecule has 6 aliphatic rings. The summed E-state index contributed by atoms with van der Waals surface area (Å²) in [6, 6.07) is 10.6. The molecule has 0 N–H and O–H groups in total. The predicted octanol–water partition coefficient (Wildman–Crippen LogP) is 16.2. The first-order chi connectivity index (χ1) is 50.1. The zero-order chi connectivity index (χ0) is 75.7. The molecule has 0 unspecified atom stereocenters. The van der Waals surface area contributed by atoms with Crippen molar-refractivity contribution in [3.05, 3.63) is 154 Å². The Hall–Kier alpha value is -9.22. The van der Waals surface area contributed by atoms with Crippen LogP contribution in [0.1, 0.15) is 222 Å². The monoisotopic (exact) mass is 1450 g/mol. The number of hydrogen-bond acceptors (Lipinski definition) is 14. The molecule has 0 spiro atoms. The first-order valence-corrected chi connectivity index (χ1v) is 37.2. The molecule has 2 aromatic carbocycles. The van der Waals surface area contributed by atoms with E-state index in [0.29, 0.717) is 64.7 Å². The Labute approximate surface area is 613 Å². The lowest BCUT2D eigenvalue weighted by atomic mass is 9.80. The number of amides is 2. The van der Waals surface area contributed by atoms with Gasteiger partial charge >= 0.3 is 12.4 Å². The van der Waals surface area contributed by atoms with Gasteiger partial charge in [0.1, 0.15) is 47.5 Å². The summed E-state index contributed by atoms with van der Waals surface area (Å²) in [5.41, 5.74) is 5.87. The van der Waals surface area contributed by atoms with Gasteiger partial charge in [-0.2, -0.15) is 36.5 Å². The van der Waals surface area contributed by atoms with Crippen molar-refractivity contribution in [3.63, 3.8) is 0 Å². The lowest BCUT2D eigenvalue weighted by Crippen LogP contribution is -2.45. The number of allylic oxidation sites excluding steroid dienone is 2. The minimum Gasteiger partial charge on any atom is -0.327 e. The summed E-state index contributed by atoms with van der Waals surface area (Å²) in [7, 11) is 0. The van der Waals surface area contributed by atoms with Gasteiger partial charge in [0.2, 0.25) is 11.8 Å². The molecule has 558 valence electrons. The lowest BCUT2D eigenvalue weighted by Gasteiger charge is -2.27. The SMILES string of the molecule is CC(=O)c1nn2c3c(cc(-c4cnc(C)nc4)cc13)C/C=C/CCC(C)(C)CCC[C@@]13C[C@@H](C(=O)Cc4nc(C(F)(F)F)ccc4C)N(C(=O)C2)[C@@H]1C3.CC(=O)c1nn2c3c(cc(-c4cnc(C)nc4)cc13)CCCCCC(C)(C)CCC[C@@]13C[C@@H](C(=O)Cc4nc(C(F)(F)F)ccc4C)N(C(=O)C2)[C@@H]1C3. The van der Waals surface area contributed by atoms with Crippen LogP contribution < -0.4 is 0 Å². The van der Waals surface area contributed by atoms with Crippen molar-refractivity contribution >= 4 is 56.8 Å². The smallest absolute Gasteiger partial charge is 0.327 e. The summed E-state index contributed by atoms with van der Waals surface area (Å²) >= 11 is 0. The fourth-order valence-corrected chi connectivity index (χ4v) is 17.4. The number of Topliss-reactive ketones (excluding diaryl/α,β-unsaturated/α-hetero) is 4. The van der Waals surface area contributed by atoms with Crippen LogP contribution in [-0.2, 0) is 70.3 Å². The number of carbonyl (C=O) groups is 6. The molecule has 8 aromatic rings. The Morgan fingerprint density at radius 2 is 0.925 bits per heavy atom. The number of pyridine rings is 2. The highest BCUT2D eigenvalue weighted by atomic mass is 19.4. The van der Waals surface area contributed by atoms with Gasteiger partial charge < -0.3 is 9.80 Å². The van der Waals surface area contributed by atoms with Gasteiger partial charge in [-0.25, -0.2) is 29.9 Å². The van der Waals surface area contributed by atoms with Crippen LogP contribution in [0, 0.1) is 49.4 Å². The fourth-order valence-electron chi connectivity index (χ4n) is 17.4. The molecule has 0 radical (unpaired) electrons. The van der Waals surface area contributed by atoms with E-state index in [1.807, 2.05) is 32.0 Å². The van der Waals surface area contributed by atoms with E-state index < -0.39 is 35.8 Å². The van der Waals surface area contributed by atoms with Crippen molar-refractivity contribution in [2.45, 2.75) is 247 Å². The molecule has 14 rings (SSSR count). The largest absolute Gasteiger partial charge is 0.433 e. The Kier molecular flexibility index (Phi) is 20.4. The Morgan fingerprint density at radius 1 is 0.500 bits per heavy atom. The van der Waals surface area contributed by atoms with Crippen molar-refractivity contribution in [3.8, 4) is 22.3 Å². The lowest BCUT2D eigenvalue weighted by molar-refractivity contribution is -0.142. The summed E-state index contributed by atoms with van der Waals surface area (Å²) in [4.78, 5) is 112. The van der Waals surface area contributed by atoms with Crippen molar-refractivity contribution in [2.24, 2.45) is 21.7 Å². The van der Waals surface area contributed by atoms with Crippen LogP contribution in [0.5, 0.6) is 0 Å². The van der Waals surface area contributed by atoms with Gasteiger partial charge in [-0.1, -0.05) is 77.7 Å². The van der Waals surface area contributed by atoms with Crippen molar-refractivity contribution in [1.82, 2.24) is 59.3 Å². The van der Waals surface area contributed by atoms with Crippen molar-refractivity contribution in [1.29, 1.82) is 0 Å². The van der Waals surface area contributed by atoms with Gasteiger partial charge in [0, 0.05) is 72.6 Å². The molecule has 2 amide bonds. The molecule has 106 heavy (non-hydrogen) atoms. The molecule has 4 bridgehead atoms. The Bertz CT molecular complexity index is 4830. The maximum absolute atomic E-state index is 14.6. The Balaban J connectivity index is 0.000000188. The zero-order valence-corrected chi connectivity index (χ0v) is 62.0. The molecule has 18 nitrogen and oxygen atoms in total. The molecule has 4 fully saturated rings. The maximum Gasteiger partial charge on any atom is 0.433 e. The standard InChI is InChI=1S/C41H47F3N6O3.C41H45F3N6O3/c2*1-24-11-12-34(41(42,43)44)47-31(24)18-33(52)32-19-40-15-9-14-39(4,5)13-8-6-7-10-27-16-28(29-21-45-26(3)46-22-29)17-30-37(25(2)51)48-49(38(27)30)23-36(53)50(32)35(40)20-40/h11-12,16-17,21-22,32,35H,6-10,13-15,18-20,23H2,1-5H3;6-7,11-12,16-17,21-22,32,35H,8-10,13-15,18-20,23H2,1-5H3/b;7-6+/t2*32-,35+,40-/m00/s1. The highest BCUT2D eigenvalue weighted by molar-refractivity contribution is 6.08. The summed E-state index contributed by atoms with van der Waals surface area (Å²) in [6.45, 7) is 18.6. The van der Waals surface area contributed by atoms with E-state index in [1.54, 1.807) is 57.8 Å². The second-order valence-corrected chi connectivity index (χ2v) is 32.4. The van der Waals surface area contributed by atoms with Crippen LogP contribution in [0.15, 0.2) is 85.5 Å². The number of nitrogens with zero attached hydrogens (tertiary/aromatic N) is 12. The number of piperidine rings is 2. The highest BCUT2D eigenvalue weighted by Gasteiger charge is 2.67. The zero-order valence-electron chi connectivity index (χ0n) is 62.0. The average Bonchev–Trinajstić information content (AvgIpc) is 1.54. The van der Waals surface area contributed by atoms with E-state index in [-0.39, 0.29) is 117 Å². The third-order valence-electron chi connectivity index (χ3n) is 23.5. The van der Waals surface area contributed by atoms with E-state index in [1.165, 1.54) is 26.0 Å². The van der Waals surface area contributed by atoms with E-state index in [2.05, 4.69) is 75.8 Å². The van der Waals surface area contributed by atoms with E-state index in [4.69, 9.17) is 10.2 Å². The number of ketones is 4. The van der Waals surface area contributed by atoms with Crippen LogP contribution >= 0.6 is 0 Å². The van der Waals surface area contributed by atoms with Crippen LogP contribution in [-0.4, -0.2) is 118 Å². The van der Waals surface area contributed by atoms with E-state index in [0.717, 1.165) is 141 Å². The van der Waals surface area contributed by atoms with Gasteiger partial charge in [-0.3, -0.25) is 38.1 Å². The van der Waals surface area contributed by atoms with E-state index >= 15 is 0 Å². The molecule has 2 saturated heterocycles. The van der Waals surface area contributed by atoms with Gasteiger partial charge in [0.25, 0.3) is 0 Å². The van der Waals surface area contributed by atoms with Crippen LogP contribution in [0.4, 0.5) is 26.3 Å². The molecule has 4 aliphatic heterocycles. The maximum atomic E-state index is 14.6. The molecular formula is C82H92F6N12O6. The van der Waals surface area contributed by atoms with Crippen molar-refractivity contribution in [2.75, 3.05) is 0 Å². The minimum atomic E-state index is -4.64. The van der Waals surface area contributed by atoms with E-state index in [9.17, 15) is 55.1 Å². The first-order valence-electron chi connectivity index (χ1n) is 37.2. The van der Waals surface area contributed by atoms with Crippen LogP contribution in [0.3, 0.4) is 0 Å². The van der Waals surface area contributed by atoms with Gasteiger partial charge in [0.15, 0.2) is 23.1 Å². The summed E-state index contributed by atoms with van der Waals surface area (Å²) in [5, 5.41) is 10.7. The summed E-state index contributed by atoms with van der Waals surface area (Å²) in [5.74, 6) is -0.403. The van der Waals surface area contributed by atoms with Crippen LogP contribution in [0.2, 0.25) is 0 Å². The topological polar surface area (TPSA) is 222 Å². The van der Waals surface area contributed by atoms with Crippen LogP contribution in [0.25, 0.3) is 44.1 Å². The normalized spacial score (nSPS) is 23.6. The molecule has 24 heteroatoms. The Morgan fingerprint density at radius 3 is 1.37 bits per heavy atom. The number of halogens is 6. The minimum absolute atomic E-state index is 0.0692. The third-order valence-corrected chi connectivity index (χ3v) is 23.5. The quantitative estimate of drug-likeness (QED) is 0.0706. The van der Waals surface area contributed by atoms with Crippen molar-refractivity contribution < 1.29 is 55.1 Å². The second kappa shape index (κ2) is 28.8. The number of aryl methyl sites for hydroxylation is 5. The predicted molar refractivity (Wildman–Crippen MR) is 388 cm³/mol. The fraction of sp³-hybridized carbons (Fsp3) is 0.512. The summed E-state index contributed by atoms with van der Waals surface area (Å²) in [6.07, 6.45) is 17.0. The third kappa shape index (κ3) is 15.7. The number of benzene rings is 2. The van der Waals surface area contributed by atoms with Gasteiger partial charge in [0.05, 0.1) is 47.3 Å². The summed E-state index contributed by atoms with van der Waals surface area (Å²) < 4.78 is 84.7. The molecule has 6 aromatic heterocycles. The average molecular weight is 1460 g/mol. The van der Waals surface area contributed by atoms with Gasteiger partial charge in [-0.15, -0.1) is 0 Å². The molecule has 2 aliphatic carbocycles. The number of hydrogen-bond donors (Lipinski definition) is 0.